The van der Waals surface area contributed by atoms with Gasteiger partial charge in [0.25, 0.3) is 0 Å². The van der Waals surface area contributed by atoms with Crippen molar-refractivity contribution < 1.29 is 32.5 Å². The molecule has 0 amide bonds. The summed E-state index contributed by atoms with van der Waals surface area (Å²) < 4.78 is 44.6. The van der Waals surface area contributed by atoms with E-state index in [4.69, 9.17) is 5.26 Å². The van der Waals surface area contributed by atoms with Crippen LogP contribution in [0.25, 0.3) is 0 Å². The van der Waals surface area contributed by atoms with E-state index in [1.54, 1.807) is 13.0 Å². The van der Waals surface area contributed by atoms with Crippen molar-refractivity contribution in [3.63, 3.8) is 0 Å². The first kappa shape index (κ1) is 15.6. The van der Waals surface area contributed by atoms with Crippen LogP contribution in [0.15, 0.2) is 12.1 Å². The fraction of sp³-hybridized carbons (Fsp3) is 0.333. The number of esters is 1. The van der Waals surface area contributed by atoms with E-state index in [1.807, 2.05) is 0 Å². The molecule has 0 aromatic heterocycles. The summed E-state index contributed by atoms with van der Waals surface area (Å²) in [6.07, 6.45) is -5.39. The van der Waals surface area contributed by atoms with Crippen molar-refractivity contribution in [3.05, 3.63) is 23.3 Å². The lowest BCUT2D eigenvalue weighted by Gasteiger charge is -2.12. The number of rotatable bonds is 4. The standard InChI is InChI=1S/C12H10F3NO4/c1-2-19-11(18)4-7-3-8(20-12(13,14)15)5-10(17)9(7)6-16/h3,5,17H,2,4H2,1H3. The van der Waals surface area contributed by atoms with Crippen molar-refractivity contribution >= 4 is 5.97 Å². The van der Waals surface area contributed by atoms with Gasteiger partial charge in [-0.2, -0.15) is 5.26 Å². The van der Waals surface area contributed by atoms with Gasteiger partial charge >= 0.3 is 12.3 Å². The molecule has 0 saturated heterocycles. The first-order valence-electron chi connectivity index (χ1n) is 5.44. The van der Waals surface area contributed by atoms with Crippen molar-refractivity contribution in [2.24, 2.45) is 0 Å². The zero-order valence-electron chi connectivity index (χ0n) is 10.3. The molecule has 0 bridgehead atoms. The van der Waals surface area contributed by atoms with E-state index in [0.29, 0.717) is 6.07 Å². The van der Waals surface area contributed by atoms with Crippen LogP contribution in [-0.2, 0) is 16.0 Å². The summed E-state index contributed by atoms with van der Waals surface area (Å²) in [5.74, 6) is -2.14. The van der Waals surface area contributed by atoms with Crippen LogP contribution in [0.5, 0.6) is 11.5 Å². The smallest absolute Gasteiger partial charge is 0.506 e. The molecule has 0 unspecified atom stereocenters. The summed E-state index contributed by atoms with van der Waals surface area (Å²) in [7, 11) is 0. The van der Waals surface area contributed by atoms with Crippen LogP contribution in [0, 0.1) is 11.3 Å². The Bertz CT molecular complexity index is 549. The van der Waals surface area contributed by atoms with Crippen molar-refractivity contribution in [2.45, 2.75) is 19.7 Å². The summed E-state index contributed by atoms with van der Waals surface area (Å²) in [5, 5.41) is 18.3. The molecule has 0 aliphatic heterocycles. The second-order valence-electron chi connectivity index (χ2n) is 3.62. The number of hydrogen-bond acceptors (Lipinski definition) is 5. The van der Waals surface area contributed by atoms with Gasteiger partial charge in [-0.25, -0.2) is 0 Å². The molecule has 1 rings (SSSR count). The van der Waals surface area contributed by atoms with E-state index in [9.17, 15) is 23.1 Å². The summed E-state index contributed by atoms with van der Waals surface area (Å²) in [4.78, 5) is 11.3. The Morgan fingerprint density at radius 3 is 2.60 bits per heavy atom. The third kappa shape index (κ3) is 4.35. The van der Waals surface area contributed by atoms with E-state index in [0.717, 1.165) is 6.07 Å². The monoisotopic (exact) mass is 289 g/mol. The van der Waals surface area contributed by atoms with Crippen LogP contribution in [0.3, 0.4) is 0 Å². The lowest BCUT2D eigenvalue weighted by molar-refractivity contribution is -0.274. The number of hydrogen-bond donors (Lipinski definition) is 1. The van der Waals surface area contributed by atoms with Gasteiger partial charge in [0.1, 0.15) is 17.6 Å². The average Bonchev–Trinajstić information content (AvgIpc) is 2.26. The van der Waals surface area contributed by atoms with E-state index >= 15 is 0 Å². The van der Waals surface area contributed by atoms with Crippen molar-refractivity contribution in [1.82, 2.24) is 0 Å². The van der Waals surface area contributed by atoms with Crippen LogP contribution < -0.4 is 4.74 Å². The highest BCUT2D eigenvalue weighted by molar-refractivity contribution is 5.74. The topological polar surface area (TPSA) is 79.6 Å². The number of nitriles is 1. The van der Waals surface area contributed by atoms with Gasteiger partial charge in [0, 0.05) is 6.07 Å². The van der Waals surface area contributed by atoms with Gasteiger partial charge in [-0.1, -0.05) is 0 Å². The van der Waals surface area contributed by atoms with Gasteiger partial charge < -0.3 is 14.6 Å². The van der Waals surface area contributed by atoms with E-state index in [2.05, 4.69) is 9.47 Å². The summed E-state index contributed by atoms with van der Waals surface area (Å²) in [5.41, 5.74) is -0.405. The molecule has 1 N–H and O–H groups in total. The molecule has 0 spiro atoms. The van der Waals surface area contributed by atoms with E-state index in [1.165, 1.54) is 0 Å². The summed E-state index contributed by atoms with van der Waals surface area (Å²) >= 11 is 0. The minimum Gasteiger partial charge on any atom is -0.506 e. The highest BCUT2D eigenvalue weighted by Gasteiger charge is 2.32. The zero-order valence-corrected chi connectivity index (χ0v) is 10.3. The van der Waals surface area contributed by atoms with Gasteiger partial charge in [0.2, 0.25) is 0 Å². The number of halogens is 3. The predicted molar refractivity (Wildman–Crippen MR) is 59.8 cm³/mol. The molecule has 8 heteroatoms. The zero-order chi connectivity index (χ0) is 15.3. The molecule has 0 aliphatic carbocycles. The molecule has 1 aromatic carbocycles. The number of benzene rings is 1. The Morgan fingerprint density at radius 1 is 1.45 bits per heavy atom. The van der Waals surface area contributed by atoms with Crippen molar-refractivity contribution in [2.75, 3.05) is 6.61 Å². The highest BCUT2D eigenvalue weighted by Crippen LogP contribution is 2.31. The van der Waals surface area contributed by atoms with Crippen LogP contribution in [0.2, 0.25) is 0 Å². The molecule has 1 aromatic rings. The minimum atomic E-state index is -4.94. The Morgan fingerprint density at radius 2 is 2.10 bits per heavy atom. The van der Waals surface area contributed by atoms with Gasteiger partial charge in [-0.3, -0.25) is 4.79 Å². The first-order valence-corrected chi connectivity index (χ1v) is 5.44. The van der Waals surface area contributed by atoms with Crippen LogP contribution in [0.1, 0.15) is 18.1 Å². The van der Waals surface area contributed by atoms with Crippen molar-refractivity contribution in [3.8, 4) is 17.6 Å². The molecule has 108 valence electrons. The number of ether oxygens (including phenoxy) is 2. The molecular formula is C12H10F3NO4. The molecule has 0 aliphatic rings. The van der Waals surface area contributed by atoms with E-state index < -0.39 is 30.3 Å². The summed E-state index contributed by atoms with van der Waals surface area (Å²) in [6, 6.07) is 3.12. The number of phenols is 1. The molecular weight excluding hydrogens is 279 g/mol. The van der Waals surface area contributed by atoms with Gasteiger partial charge in [0.05, 0.1) is 18.6 Å². The molecule has 0 fully saturated rings. The molecule has 20 heavy (non-hydrogen) atoms. The number of alkyl halides is 3. The maximum Gasteiger partial charge on any atom is 0.573 e. The Balaban J connectivity index is 3.13. The predicted octanol–water partition coefficient (Wildman–Crippen LogP) is 2.27. The number of phenolic OH excluding ortho intramolecular Hbond substituents is 1. The molecule has 0 saturated carbocycles. The molecule has 0 heterocycles. The second-order valence-corrected chi connectivity index (χ2v) is 3.62. The van der Waals surface area contributed by atoms with Crippen molar-refractivity contribution in [1.29, 1.82) is 5.26 Å². The largest absolute Gasteiger partial charge is 0.573 e. The van der Waals surface area contributed by atoms with Gasteiger partial charge in [-0.05, 0) is 18.6 Å². The Labute approximate surface area is 112 Å². The normalized spacial score (nSPS) is 10.8. The third-order valence-electron chi connectivity index (χ3n) is 2.16. The Hall–Kier alpha value is -2.43. The van der Waals surface area contributed by atoms with Crippen LogP contribution >= 0.6 is 0 Å². The molecule has 5 nitrogen and oxygen atoms in total. The maximum absolute atomic E-state index is 12.1. The Kier molecular flexibility index (Phi) is 4.80. The fourth-order valence-electron chi connectivity index (χ4n) is 1.49. The van der Waals surface area contributed by atoms with Crippen LogP contribution in [0.4, 0.5) is 13.2 Å². The SMILES string of the molecule is CCOC(=O)Cc1cc(OC(F)(F)F)cc(O)c1C#N. The lowest BCUT2D eigenvalue weighted by atomic mass is 10.0. The second kappa shape index (κ2) is 6.14. The fourth-order valence-corrected chi connectivity index (χ4v) is 1.49. The number of carbonyl (C=O) groups excluding carboxylic acids is 1. The third-order valence-corrected chi connectivity index (χ3v) is 2.16. The van der Waals surface area contributed by atoms with Crippen LogP contribution in [-0.4, -0.2) is 24.0 Å². The maximum atomic E-state index is 12.1. The number of carbonyl (C=O) groups is 1. The first-order chi connectivity index (χ1) is 9.26. The highest BCUT2D eigenvalue weighted by atomic mass is 19.4. The minimum absolute atomic E-state index is 0.0887. The van der Waals surface area contributed by atoms with Gasteiger partial charge in [0.15, 0.2) is 0 Å². The number of aromatic hydroxyl groups is 1. The molecule has 0 atom stereocenters. The lowest BCUT2D eigenvalue weighted by Crippen LogP contribution is -2.17. The average molecular weight is 289 g/mol. The number of nitrogens with zero attached hydrogens (tertiary/aromatic N) is 1. The van der Waals surface area contributed by atoms with Gasteiger partial charge in [-0.15, -0.1) is 13.2 Å². The van der Waals surface area contributed by atoms with E-state index in [-0.39, 0.29) is 17.7 Å². The molecule has 0 radical (unpaired) electrons. The quantitative estimate of drug-likeness (QED) is 0.860. The summed E-state index contributed by atoms with van der Waals surface area (Å²) in [6.45, 7) is 1.65.